The molecule has 0 radical (unpaired) electrons. The number of rotatable bonds is 6. The molecule has 1 saturated heterocycles. The van der Waals surface area contributed by atoms with Gasteiger partial charge in [-0.15, -0.1) is 0 Å². The topological polar surface area (TPSA) is 44.1 Å². The standard InChI is InChI=1S/C17H23NO4/c1-19-11-13-8-15(21-3)9-18(13)10-16-7-12-6-14(20-2)4-5-17(12)22-16/h4-7,13,15H,8-11H2,1-3H3/t13-,15-/m0/s1. The summed E-state index contributed by atoms with van der Waals surface area (Å²) in [6.07, 6.45) is 1.27. The minimum atomic E-state index is 0.268. The lowest BCUT2D eigenvalue weighted by molar-refractivity contribution is 0.103. The van der Waals surface area contributed by atoms with Gasteiger partial charge >= 0.3 is 0 Å². The van der Waals surface area contributed by atoms with E-state index < -0.39 is 0 Å². The van der Waals surface area contributed by atoms with Crippen LogP contribution < -0.4 is 4.74 Å². The predicted molar refractivity (Wildman–Crippen MR) is 84.3 cm³/mol. The van der Waals surface area contributed by atoms with Crippen LogP contribution in [0.2, 0.25) is 0 Å². The predicted octanol–water partition coefficient (Wildman–Crippen LogP) is 2.68. The molecule has 0 aliphatic carbocycles. The van der Waals surface area contributed by atoms with Crippen molar-refractivity contribution < 1.29 is 18.6 Å². The maximum absolute atomic E-state index is 5.95. The first-order valence-electron chi connectivity index (χ1n) is 7.55. The normalized spacial score (nSPS) is 22.5. The zero-order chi connectivity index (χ0) is 15.5. The Morgan fingerprint density at radius 1 is 1.23 bits per heavy atom. The minimum absolute atomic E-state index is 0.268. The van der Waals surface area contributed by atoms with Gasteiger partial charge in [-0.05, 0) is 30.7 Å². The Kier molecular flexibility index (Phi) is 4.66. The first-order chi connectivity index (χ1) is 10.7. The third kappa shape index (κ3) is 3.11. The van der Waals surface area contributed by atoms with E-state index in [0.29, 0.717) is 12.6 Å². The number of ether oxygens (including phenoxy) is 3. The molecule has 2 atom stereocenters. The molecule has 1 aromatic heterocycles. The van der Waals surface area contributed by atoms with Crippen molar-refractivity contribution in [2.45, 2.75) is 25.1 Å². The summed E-state index contributed by atoms with van der Waals surface area (Å²) in [7, 11) is 5.18. The Balaban J connectivity index is 1.76. The third-order valence-corrected chi connectivity index (χ3v) is 4.32. The molecule has 3 rings (SSSR count). The number of hydrogen-bond acceptors (Lipinski definition) is 5. The molecule has 2 heterocycles. The van der Waals surface area contributed by atoms with Gasteiger partial charge in [0.1, 0.15) is 17.1 Å². The maximum Gasteiger partial charge on any atom is 0.134 e. The van der Waals surface area contributed by atoms with Crippen LogP contribution in [0, 0.1) is 0 Å². The molecule has 5 heteroatoms. The van der Waals surface area contributed by atoms with Crippen molar-refractivity contribution in [2.24, 2.45) is 0 Å². The monoisotopic (exact) mass is 305 g/mol. The quantitative estimate of drug-likeness (QED) is 0.821. The molecule has 1 fully saturated rings. The fraction of sp³-hybridized carbons (Fsp3) is 0.529. The van der Waals surface area contributed by atoms with Crippen LogP contribution in [-0.2, 0) is 16.0 Å². The fourth-order valence-electron chi connectivity index (χ4n) is 3.15. The lowest BCUT2D eigenvalue weighted by Gasteiger charge is -2.22. The van der Waals surface area contributed by atoms with Crippen molar-refractivity contribution in [1.29, 1.82) is 0 Å². The molecule has 0 bridgehead atoms. The maximum atomic E-state index is 5.95. The summed E-state index contributed by atoms with van der Waals surface area (Å²) >= 11 is 0. The van der Waals surface area contributed by atoms with E-state index in [0.717, 1.165) is 42.0 Å². The Morgan fingerprint density at radius 2 is 2.09 bits per heavy atom. The summed E-state index contributed by atoms with van der Waals surface area (Å²) < 4.78 is 22.0. The summed E-state index contributed by atoms with van der Waals surface area (Å²) in [5, 5.41) is 1.07. The van der Waals surface area contributed by atoms with Crippen molar-refractivity contribution in [3.8, 4) is 5.75 Å². The Labute approximate surface area is 130 Å². The average Bonchev–Trinajstić information content (AvgIpc) is 3.10. The van der Waals surface area contributed by atoms with Gasteiger partial charge in [0, 0.05) is 32.2 Å². The highest BCUT2D eigenvalue weighted by Gasteiger charge is 2.32. The molecule has 0 N–H and O–H groups in total. The third-order valence-electron chi connectivity index (χ3n) is 4.32. The highest BCUT2D eigenvalue weighted by molar-refractivity contribution is 5.79. The highest BCUT2D eigenvalue weighted by Crippen LogP contribution is 2.27. The largest absolute Gasteiger partial charge is 0.497 e. The van der Waals surface area contributed by atoms with Crippen LogP contribution >= 0.6 is 0 Å². The summed E-state index contributed by atoms with van der Waals surface area (Å²) in [5.74, 6) is 1.80. The Hall–Kier alpha value is -1.56. The SMILES string of the molecule is COC[C@@H]1C[C@H](OC)CN1Cc1cc2cc(OC)ccc2o1. The fourth-order valence-corrected chi connectivity index (χ4v) is 3.15. The van der Waals surface area contributed by atoms with Crippen molar-refractivity contribution >= 4 is 11.0 Å². The highest BCUT2D eigenvalue weighted by atomic mass is 16.5. The smallest absolute Gasteiger partial charge is 0.134 e. The van der Waals surface area contributed by atoms with Crippen LogP contribution in [0.5, 0.6) is 5.75 Å². The molecule has 0 spiro atoms. The molecule has 1 aromatic carbocycles. The Bertz CT molecular complexity index is 624. The van der Waals surface area contributed by atoms with E-state index in [1.807, 2.05) is 18.2 Å². The van der Waals surface area contributed by atoms with Crippen LogP contribution in [0.15, 0.2) is 28.7 Å². The molecule has 5 nitrogen and oxygen atoms in total. The van der Waals surface area contributed by atoms with Crippen molar-refractivity contribution in [2.75, 3.05) is 34.5 Å². The van der Waals surface area contributed by atoms with Crippen molar-refractivity contribution in [3.05, 3.63) is 30.0 Å². The molecule has 22 heavy (non-hydrogen) atoms. The lowest BCUT2D eigenvalue weighted by Crippen LogP contribution is -2.32. The Morgan fingerprint density at radius 3 is 2.82 bits per heavy atom. The van der Waals surface area contributed by atoms with Gasteiger partial charge < -0.3 is 18.6 Å². The van der Waals surface area contributed by atoms with Crippen molar-refractivity contribution in [1.82, 2.24) is 4.90 Å². The van der Waals surface area contributed by atoms with Crippen LogP contribution in [0.4, 0.5) is 0 Å². The van der Waals surface area contributed by atoms with Gasteiger partial charge in [0.05, 0.1) is 26.4 Å². The molecule has 1 aliphatic heterocycles. The summed E-state index contributed by atoms with van der Waals surface area (Å²) in [6, 6.07) is 8.32. The van der Waals surface area contributed by atoms with E-state index in [1.54, 1.807) is 21.3 Å². The number of furan rings is 1. The first-order valence-corrected chi connectivity index (χ1v) is 7.55. The van der Waals surface area contributed by atoms with Gasteiger partial charge in [0.2, 0.25) is 0 Å². The molecule has 0 unspecified atom stereocenters. The summed E-state index contributed by atoms with van der Waals surface area (Å²) in [6.45, 7) is 2.39. The van der Waals surface area contributed by atoms with Gasteiger partial charge in [-0.2, -0.15) is 0 Å². The van der Waals surface area contributed by atoms with Crippen LogP contribution in [-0.4, -0.2) is 51.5 Å². The molecule has 1 aliphatic rings. The average molecular weight is 305 g/mol. The van der Waals surface area contributed by atoms with Crippen molar-refractivity contribution in [3.63, 3.8) is 0 Å². The molecular weight excluding hydrogens is 282 g/mol. The van der Waals surface area contributed by atoms with E-state index >= 15 is 0 Å². The number of likely N-dealkylation sites (tertiary alicyclic amines) is 1. The van der Waals surface area contributed by atoms with Crippen LogP contribution in [0.1, 0.15) is 12.2 Å². The van der Waals surface area contributed by atoms with Gasteiger partial charge in [-0.3, -0.25) is 4.90 Å². The minimum Gasteiger partial charge on any atom is -0.497 e. The molecule has 2 aromatic rings. The number of methoxy groups -OCH3 is 3. The second-order valence-corrected chi connectivity index (χ2v) is 5.75. The van der Waals surface area contributed by atoms with E-state index in [9.17, 15) is 0 Å². The zero-order valence-corrected chi connectivity index (χ0v) is 13.4. The van der Waals surface area contributed by atoms with Gasteiger partial charge in [-0.1, -0.05) is 0 Å². The van der Waals surface area contributed by atoms with E-state index in [4.69, 9.17) is 18.6 Å². The van der Waals surface area contributed by atoms with Crippen LogP contribution in [0.25, 0.3) is 11.0 Å². The van der Waals surface area contributed by atoms with Gasteiger partial charge in [0.25, 0.3) is 0 Å². The number of fused-ring (bicyclic) bond motifs is 1. The molecule has 0 saturated carbocycles. The summed E-state index contributed by atoms with van der Waals surface area (Å²) in [4.78, 5) is 2.37. The first kappa shape index (κ1) is 15.3. The van der Waals surface area contributed by atoms with Gasteiger partial charge in [-0.25, -0.2) is 0 Å². The number of hydrogen-bond donors (Lipinski definition) is 0. The lowest BCUT2D eigenvalue weighted by atomic mass is 10.2. The van der Waals surface area contributed by atoms with Crippen LogP contribution in [0.3, 0.4) is 0 Å². The van der Waals surface area contributed by atoms with E-state index in [1.165, 1.54) is 0 Å². The second kappa shape index (κ2) is 6.69. The second-order valence-electron chi connectivity index (χ2n) is 5.75. The summed E-state index contributed by atoms with van der Waals surface area (Å²) in [5.41, 5.74) is 0.890. The number of nitrogens with zero attached hydrogens (tertiary/aromatic N) is 1. The van der Waals surface area contributed by atoms with E-state index in [2.05, 4.69) is 11.0 Å². The molecular formula is C17H23NO4. The molecule has 120 valence electrons. The zero-order valence-electron chi connectivity index (χ0n) is 13.4. The van der Waals surface area contributed by atoms with E-state index in [-0.39, 0.29) is 6.10 Å². The molecule has 0 amide bonds. The number of benzene rings is 1. The van der Waals surface area contributed by atoms with Gasteiger partial charge in [0.15, 0.2) is 0 Å².